The third-order valence-corrected chi connectivity index (χ3v) is 3.64. The standard InChI is InChI=1S/C12H19NO7/c1-5-7(14)8(15)9(16)10(19-5)20-6-2-3-12(18,4-6)11(13)17/h2-3,5-10,14-16,18H,4H2,1H3,(H2,13,17). The third kappa shape index (κ3) is 2.71. The third-order valence-electron chi connectivity index (χ3n) is 3.64. The second-order valence-corrected chi connectivity index (χ2v) is 5.21. The summed E-state index contributed by atoms with van der Waals surface area (Å²) >= 11 is 0. The number of hydrogen-bond donors (Lipinski definition) is 5. The van der Waals surface area contributed by atoms with E-state index in [2.05, 4.69) is 0 Å². The monoisotopic (exact) mass is 289 g/mol. The number of carbonyl (C=O) groups is 1. The Hall–Kier alpha value is -1.03. The van der Waals surface area contributed by atoms with Crippen molar-refractivity contribution < 1.29 is 34.7 Å². The molecule has 0 aromatic heterocycles. The normalized spacial score (nSPS) is 48.5. The predicted octanol–water partition coefficient (Wildman–Crippen LogP) is -2.62. The van der Waals surface area contributed by atoms with E-state index in [0.29, 0.717) is 0 Å². The van der Waals surface area contributed by atoms with Crippen LogP contribution in [0.5, 0.6) is 0 Å². The molecule has 8 heteroatoms. The molecule has 7 atom stereocenters. The van der Waals surface area contributed by atoms with E-state index in [4.69, 9.17) is 15.2 Å². The van der Waals surface area contributed by atoms with E-state index in [9.17, 15) is 25.2 Å². The van der Waals surface area contributed by atoms with Gasteiger partial charge in [-0.25, -0.2) is 0 Å². The van der Waals surface area contributed by atoms with Crippen LogP contribution in [-0.4, -0.2) is 68.7 Å². The summed E-state index contributed by atoms with van der Waals surface area (Å²) in [5.74, 6) is -0.895. The molecule has 1 fully saturated rings. The van der Waals surface area contributed by atoms with Gasteiger partial charge < -0.3 is 35.6 Å². The van der Waals surface area contributed by atoms with Gasteiger partial charge in [0.15, 0.2) is 11.9 Å². The van der Waals surface area contributed by atoms with Crippen LogP contribution in [0.1, 0.15) is 13.3 Å². The van der Waals surface area contributed by atoms with E-state index in [-0.39, 0.29) is 6.42 Å². The summed E-state index contributed by atoms with van der Waals surface area (Å²) in [6.07, 6.45) is -4.07. The van der Waals surface area contributed by atoms with E-state index in [0.717, 1.165) is 0 Å². The number of ether oxygens (including phenoxy) is 2. The van der Waals surface area contributed by atoms with Crippen LogP contribution in [-0.2, 0) is 14.3 Å². The second kappa shape index (κ2) is 5.40. The van der Waals surface area contributed by atoms with Crippen LogP contribution in [0, 0.1) is 0 Å². The molecule has 0 bridgehead atoms. The lowest BCUT2D eigenvalue weighted by Crippen LogP contribution is -2.58. The van der Waals surface area contributed by atoms with Gasteiger partial charge >= 0.3 is 0 Å². The lowest BCUT2D eigenvalue weighted by molar-refractivity contribution is -0.300. The van der Waals surface area contributed by atoms with Crippen molar-refractivity contribution in [3.8, 4) is 0 Å². The van der Waals surface area contributed by atoms with Crippen molar-refractivity contribution in [2.75, 3.05) is 0 Å². The Morgan fingerprint density at radius 2 is 2.00 bits per heavy atom. The molecule has 0 aromatic rings. The molecule has 20 heavy (non-hydrogen) atoms. The molecule has 1 aliphatic heterocycles. The molecule has 6 N–H and O–H groups in total. The van der Waals surface area contributed by atoms with Crippen molar-refractivity contribution >= 4 is 5.91 Å². The fourth-order valence-electron chi connectivity index (χ4n) is 2.28. The average Bonchev–Trinajstić information content (AvgIpc) is 2.76. The lowest BCUT2D eigenvalue weighted by Gasteiger charge is -2.39. The molecule has 0 saturated carbocycles. The van der Waals surface area contributed by atoms with E-state index in [1.165, 1.54) is 19.1 Å². The number of amides is 1. The molecule has 114 valence electrons. The first-order valence-electron chi connectivity index (χ1n) is 6.31. The molecule has 1 aliphatic carbocycles. The lowest BCUT2D eigenvalue weighted by atomic mass is 9.99. The molecule has 0 aromatic carbocycles. The Balaban J connectivity index is 1.98. The van der Waals surface area contributed by atoms with Crippen LogP contribution < -0.4 is 5.73 Å². The SMILES string of the molecule is CC1OC(OC2C=CC(O)(C(N)=O)C2)C(O)C(O)C1O. The van der Waals surface area contributed by atoms with E-state index in [1.807, 2.05) is 0 Å². The molecular weight excluding hydrogens is 270 g/mol. The molecule has 1 saturated heterocycles. The van der Waals surface area contributed by atoms with Crippen molar-refractivity contribution in [1.29, 1.82) is 0 Å². The number of aliphatic hydroxyl groups is 4. The van der Waals surface area contributed by atoms with Crippen LogP contribution in [0.3, 0.4) is 0 Å². The summed E-state index contributed by atoms with van der Waals surface area (Å²) < 4.78 is 10.7. The van der Waals surface area contributed by atoms with Gasteiger partial charge in [-0.05, 0) is 13.0 Å². The molecule has 8 nitrogen and oxygen atoms in total. The van der Waals surface area contributed by atoms with Gasteiger partial charge in [-0.3, -0.25) is 4.79 Å². The smallest absolute Gasteiger partial charge is 0.253 e. The number of carbonyl (C=O) groups excluding carboxylic acids is 1. The van der Waals surface area contributed by atoms with Gasteiger partial charge in [0.1, 0.15) is 18.3 Å². The van der Waals surface area contributed by atoms with Crippen molar-refractivity contribution in [1.82, 2.24) is 0 Å². The number of rotatable bonds is 3. The number of aliphatic hydroxyl groups excluding tert-OH is 3. The van der Waals surface area contributed by atoms with E-state index in [1.54, 1.807) is 0 Å². The Morgan fingerprint density at radius 1 is 1.35 bits per heavy atom. The summed E-state index contributed by atoms with van der Waals surface area (Å²) in [6.45, 7) is 1.53. The van der Waals surface area contributed by atoms with Crippen LogP contribution in [0.25, 0.3) is 0 Å². The molecular formula is C12H19NO7. The van der Waals surface area contributed by atoms with Gasteiger partial charge in [-0.15, -0.1) is 0 Å². The van der Waals surface area contributed by atoms with Crippen LogP contribution >= 0.6 is 0 Å². The molecule has 2 aliphatic rings. The maximum Gasteiger partial charge on any atom is 0.253 e. The minimum Gasteiger partial charge on any atom is -0.388 e. The van der Waals surface area contributed by atoms with Crippen molar-refractivity contribution in [3.05, 3.63) is 12.2 Å². The highest BCUT2D eigenvalue weighted by Crippen LogP contribution is 2.29. The fourth-order valence-corrected chi connectivity index (χ4v) is 2.28. The first kappa shape index (κ1) is 15.4. The van der Waals surface area contributed by atoms with E-state index < -0.39 is 48.3 Å². The number of nitrogens with two attached hydrogens (primary N) is 1. The fraction of sp³-hybridized carbons (Fsp3) is 0.750. The summed E-state index contributed by atoms with van der Waals surface area (Å²) in [7, 11) is 0. The van der Waals surface area contributed by atoms with Gasteiger partial charge in [0.25, 0.3) is 5.91 Å². The topological polar surface area (TPSA) is 142 Å². The summed E-state index contributed by atoms with van der Waals surface area (Å²) in [4.78, 5) is 11.1. The van der Waals surface area contributed by atoms with Gasteiger partial charge in [-0.1, -0.05) is 6.08 Å². The Kier molecular flexibility index (Phi) is 4.14. The zero-order valence-electron chi connectivity index (χ0n) is 10.9. The average molecular weight is 289 g/mol. The molecule has 0 spiro atoms. The maximum atomic E-state index is 11.1. The summed E-state index contributed by atoms with van der Waals surface area (Å²) in [5, 5.41) is 38.8. The highest BCUT2D eigenvalue weighted by Gasteiger charge is 2.45. The van der Waals surface area contributed by atoms with Crippen molar-refractivity contribution in [2.45, 2.75) is 55.8 Å². The van der Waals surface area contributed by atoms with E-state index >= 15 is 0 Å². The highest BCUT2D eigenvalue weighted by molar-refractivity contribution is 5.86. The second-order valence-electron chi connectivity index (χ2n) is 5.21. The summed E-state index contributed by atoms with van der Waals surface area (Å²) in [5.41, 5.74) is 3.28. The summed E-state index contributed by atoms with van der Waals surface area (Å²) in [6, 6.07) is 0. The van der Waals surface area contributed by atoms with Crippen molar-refractivity contribution in [3.63, 3.8) is 0 Å². The number of hydrogen-bond acceptors (Lipinski definition) is 7. The van der Waals surface area contributed by atoms with Crippen LogP contribution in [0.4, 0.5) is 0 Å². The maximum absolute atomic E-state index is 11.1. The first-order valence-corrected chi connectivity index (χ1v) is 6.31. The molecule has 0 radical (unpaired) electrons. The van der Waals surface area contributed by atoms with Gasteiger partial charge in [-0.2, -0.15) is 0 Å². The first-order chi connectivity index (χ1) is 9.24. The minimum atomic E-state index is -1.78. The molecule has 7 unspecified atom stereocenters. The zero-order valence-corrected chi connectivity index (χ0v) is 10.9. The Bertz CT molecular complexity index is 415. The molecule has 2 rings (SSSR count). The molecule has 1 heterocycles. The number of primary amides is 1. The Labute approximate surface area is 115 Å². The Morgan fingerprint density at radius 3 is 2.55 bits per heavy atom. The van der Waals surface area contributed by atoms with Crippen molar-refractivity contribution in [2.24, 2.45) is 5.73 Å². The minimum absolute atomic E-state index is 0.0953. The molecule has 1 amide bonds. The van der Waals surface area contributed by atoms with Gasteiger partial charge in [0.05, 0.1) is 12.2 Å². The predicted molar refractivity (Wildman–Crippen MR) is 65.1 cm³/mol. The van der Waals surface area contributed by atoms with Crippen LogP contribution in [0.15, 0.2) is 12.2 Å². The quantitative estimate of drug-likeness (QED) is 0.358. The van der Waals surface area contributed by atoms with Crippen LogP contribution in [0.2, 0.25) is 0 Å². The van der Waals surface area contributed by atoms with Gasteiger partial charge in [0, 0.05) is 6.42 Å². The van der Waals surface area contributed by atoms with Gasteiger partial charge in [0.2, 0.25) is 0 Å². The largest absolute Gasteiger partial charge is 0.388 e. The zero-order chi connectivity index (χ0) is 15.1. The highest BCUT2D eigenvalue weighted by atomic mass is 16.7.